The zero-order valence-electron chi connectivity index (χ0n) is 9.51. The summed E-state index contributed by atoms with van der Waals surface area (Å²) >= 11 is 9.17. The predicted octanol–water partition coefficient (Wildman–Crippen LogP) is 4.78. The lowest BCUT2D eigenvalue weighted by Crippen LogP contribution is -2.04. The van der Waals surface area contributed by atoms with Crippen molar-refractivity contribution < 1.29 is 9.18 Å². The van der Waals surface area contributed by atoms with Gasteiger partial charge in [-0.25, -0.2) is 4.39 Å². The van der Waals surface area contributed by atoms with E-state index in [1.807, 2.05) is 6.92 Å². The molecule has 18 heavy (non-hydrogen) atoms. The molecule has 0 heterocycles. The first kappa shape index (κ1) is 13.2. The number of hydrogen-bond acceptors (Lipinski definition) is 1. The van der Waals surface area contributed by atoms with E-state index in [0.29, 0.717) is 15.1 Å². The molecule has 0 N–H and O–H groups in total. The second kappa shape index (κ2) is 5.21. The minimum absolute atomic E-state index is 0.0633. The molecular formula is C14H9BrClFO. The summed E-state index contributed by atoms with van der Waals surface area (Å²) < 4.78 is 14.3. The van der Waals surface area contributed by atoms with Gasteiger partial charge in [-0.2, -0.15) is 0 Å². The summed E-state index contributed by atoms with van der Waals surface area (Å²) in [6, 6.07) is 9.26. The third-order valence-electron chi connectivity index (χ3n) is 2.55. The van der Waals surface area contributed by atoms with Crippen LogP contribution in [0.25, 0.3) is 0 Å². The summed E-state index contributed by atoms with van der Waals surface area (Å²) in [5.41, 5.74) is 1.27. The highest BCUT2D eigenvalue weighted by molar-refractivity contribution is 9.10. The van der Waals surface area contributed by atoms with Crippen LogP contribution >= 0.6 is 27.5 Å². The van der Waals surface area contributed by atoms with Crippen molar-refractivity contribution in [2.75, 3.05) is 0 Å². The van der Waals surface area contributed by atoms with Crippen molar-refractivity contribution in [1.82, 2.24) is 0 Å². The highest BCUT2D eigenvalue weighted by Gasteiger charge is 2.15. The smallest absolute Gasteiger partial charge is 0.196 e. The summed E-state index contributed by atoms with van der Waals surface area (Å²) in [4.78, 5) is 12.2. The lowest BCUT2D eigenvalue weighted by molar-refractivity contribution is 0.103. The van der Waals surface area contributed by atoms with E-state index in [1.54, 1.807) is 18.2 Å². The van der Waals surface area contributed by atoms with E-state index in [1.165, 1.54) is 18.2 Å². The van der Waals surface area contributed by atoms with Crippen LogP contribution in [0.1, 0.15) is 21.5 Å². The Morgan fingerprint density at radius 3 is 2.61 bits per heavy atom. The van der Waals surface area contributed by atoms with Crippen molar-refractivity contribution in [2.45, 2.75) is 6.92 Å². The van der Waals surface area contributed by atoms with E-state index in [2.05, 4.69) is 15.9 Å². The van der Waals surface area contributed by atoms with Crippen molar-refractivity contribution in [3.63, 3.8) is 0 Å². The first-order chi connectivity index (χ1) is 8.49. The Bertz CT molecular complexity index is 625. The quantitative estimate of drug-likeness (QED) is 0.725. The van der Waals surface area contributed by atoms with E-state index in [0.717, 1.165) is 5.56 Å². The maximum Gasteiger partial charge on any atom is 0.196 e. The molecule has 92 valence electrons. The Balaban J connectivity index is 2.47. The molecule has 0 bridgehead atoms. The molecule has 0 spiro atoms. The summed E-state index contributed by atoms with van der Waals surface area (Å²) in [7, 11) is 0. The normalized spacial score (nSPS) is 10.4. The van der Waals surface area contributed by atoms with Gasteiger partial charge in [-0.1, -0.05) is 23.2 Å². The summed E-state index contributed by atoms with van der Waals surface area (Å²) in [6.45, 7) is 1.81. The standard InChI is InChI=1S/C14H9BrClFO/c1-8-2-5-13(17)10(6-8)14(18)9-3-4-11(15)12(16)7-9/h2-7H,1H3. The lowest BCUT2D eigenvalue weighted by atomic mass is 10.0. The van der Waals surface area contributed by atoms with E-state index in [4.69, 9.17) is 11.6 Å². The average molecular weight is 328 g/mol. The molecule has 2 aromatic rings. The fourth-order valence-corrected chi connectivity index (χ4v) is 2.03. The Labute approximate surface area is 118 Å². The van der Waals surface area contributed by atoms with Gasteiger partial charge in [0.15, 0.2) is 5.78 Å². The molecule has 0 atom stereocenters. The van der Waals surface area contributed by atoms with Crippen LogP contribution in [-0.2, 0) is 0 Å². The third kappa shape index (κ3) is 2.62. The fraction of sp³-hybridized carbons (Fsp3) is 0.0714. The highest BCUT2D eigenvalue weighted by atomic mass is 79.9. The Morgan fingerprint density at radius 2 is 1.94 bits per heavy atom. The summed E-state index contributed by atoms with van der Waals surface area (Å²) in [5, 5.41) is 0.425. The molecule has 0 saturated heterocycles. The van der Waals surface area contributed by atoms with Gasteiger partial charge in [0.1, 0.15) is 5.82 Å². The van der Waals surface area contributed by atoms with Gasteiger partial charge in [-0.05, 0) is 53.2 Å². The second-order valence-corrected chi connectivity index (χ2v) is 5.20. The van der Waals surface area contributed by atoms with Gasteiger partial charge < -0.3 is 0 Å². The van der Waals surface area contributed by atoms with Crippen molar-refractivity contribution >= 4 is 33.3 Å². The molecule has 0 saturated carbocycles. The Kier molecular flexibility index (Phi) is 3.83. The minimum atomic E-state index is -0.523. The van der Waals surface area contributed by atoms with Crippen LogP contribution in [0.5, 0.6) is 0 Å². The van der Waals surface area contributed by atoms with E-state index in [9.17, 15) is 9.18 Å². The number of hydrogen-bond donors (Lipinski definition) is 0. The van der Waals surface area contributed by atoms with Crippen molar-refractivity contribution in [3.8, 4) is 0 Å². The summed E-state index contributed by atoms with van der Waals surface area (Å²) in [6.07, 6.45) is 0. The van der Waals surface area contributed by atoms with Crippen LogP contribution in [0.2, 0.25) is 5.02 Å². The lowest BCUT2D eigenvalue weighted by Gasteiger charge is -2.05. The predicted molar refractivity (Wildman–Crippen MR) is 73.7 cm³/mol. The molecule has 1 nitrogen and oxygen atoms in total. The number of rotatable bonds is 2. The largest absolute Gasteiger partial charge is 0.288 e. The molecular weight excluding hydrogens is 319 g/mol. The summed E-state index contributed by atoms with van der Waals surface area (Å²) in [5.74, 6) is -0.893. The van der Waals surface area contributed by atoms with Crippen LogP contribution in [-0.4, -0.2) is 5.78 Å². The van der Waals surface area contributed by atoms with Crippen LogP contribution in [0.3, 0.4) is 0 Å². The van der Waals surface area contributed by atoms with Gasteiger partial charge >= 0.3 is 0 Å². The Morgan fingerprint density at radius 1 is 1.22 bits per heavy atom. The van der Waals surface area contributed by atoms with Gasteiger partial charge in [0.25, 0.3) is 0 Å². The van der Waals surface area contributed by atoms with Gasteiger partial charge in [0.2, 0.25) is 0 Å². The number of benzene rings is 2. The first-order valence-electron chi connectivity index (χ1n) is 5.25. The molecule has 0 aliphatic carbocycles. The monoisotopic (exact) mass is 326 g/mol. The van der Waals surface area contributed by atoms with Crippen molar-refractivity contribution in [1.29, 1.82) is 0 Å². The average Bonchev–Trinajstić information content (AvgIpc) is 2.35. The number of halogens is 3. The Hall–Kier alpha value is -1.19. The van der Waals surface area contributed by atoms with Gasteiger partial charge in [0.05, 0.1) is 10.6 Å². The molecule has 2 aromatic carbocycles. The van der Waals surface area contributed by atoms with Crippen molar-refractivity contribution in [2.24, 2.45) is 0 Å². The molecule has 2 rings (SSSR count). The van der Waals surface area contributed by atoms with Crippen molar-refractivity contribution in [3.05, 3.63) is 68.4 Å². The zero-order chi connectivity index (χ0) is 13.3. The van der Waals surface area contributed by atoms with E-state index < -0.39 is 5.82 Å². The van der Waals surface area contributed by atoms with Gasteiger partial charge in [0, 0.05) is 10.0 Å². The SMILES string of the molecule is Cc1ccc(F)c(C(=O)c2ccc(Br)c(Cl)c2)c1. The molecule has 0 aromatic heterocycles. The van der Waals surface area contributed by atoms with E-state index >= 15 is 0 Å². The van der Waals surface area contributed by atoms with Crippen LogP contribution in [0.4, 0.5) is 4.39 Å². The minimum Gasteiger partial charge on any atom is -0.288 e. The van der Waals surface area contributed by atoms with E-state index in [-0.39, 0.29) is 11.3 Å². The number of aryl methyl sites for hydroxylation is 1. The molecule has 0 aliphatic heterocycles. The maximum absolute atomic E-state index is 13.6. The first-order valence-corrected chi connectivity index (χ1v) is 6.42. The molecule has 0 fully saturated rings. The van der Waals surface area contributed by atoms with Gasteiger partial charge in [-0.3, -0.25) is 4.79 Å². The van der Waals surface area contributed by atoms with Crippen LogP contribution < -0.4 is 0 Å². The second-order valence-electron chi connectivity index (χ2n) is 3.94. The zero-order valence-corrected chi connectivity index (χ0v) is 11.8. The number of carbonyl (C=O) groups is 1. The fourth-order valence-electron chi connectivity index (χ4n) is 1.61. The number of ketones is 1. The van der Waals surface area contributed by atoms with Crippen LogP contribution in [0.15, 0.2) is 40.9 Å². The highest BCUT2D eigenvalue weighted by Crippen LogP contribution is 2.25. The third-order valence-corrected chi connectivity index (χ3v) is 3.78. The molecule has 0 aliphatic rings. The molecule has 4 heteroatoms. The van der Waals surface area contributed by atoms with Gasteiger partial charge in [-0.15, -0.1) is 0 Å². The maximum atomic E-state index is 13.6. The topological polar surface area (TPSA) is 17.1 Å². The molecule has 0 amide bonds. The number of carbonyl (C=O) groups excluding carboxylic acids is 1. The van der Waals surface area contributed by atoms with Crippen LogP contribution in [0, 0.1) is 12.7 Å². The molecule has 0 unspecified atom stereocenters. The molecule has 0 radical (unpaired) electrons.